The number of nitrogens with one attached hydrogen (secondary N) is 1. The molecule has 3 rings (SSSR count). The lowest BCUT2D eigenvalue weighted by Gasteiger charge is -2.09. The molecule has 0 aliphatic heterocycles. The molecule has 21 heavy (non-hydrogen) atoms. The van der Waals surface area contributed by atoms with Crippen molar-refractivity contribution in [1.82, 2.24) is 4.57 Å². The number of nitrogens with zero attached hydrogens (tertiary/aromatic N) is 1. The third-order valence-electron chi connectivity index (χ3n) is 3.68. The number of hydrogen-bond donors (Lipinski definition) is 1. The molecular weight excluding hydrogens is 260 g/mol. The highest BCUT2D eigenvalue weighted by atomic mass is 16.5. The lowest BCUT2D eigenvalue weighted by Crippen LogP contribution is -2.09. The molecule has 1 aromatic heterocycles. The van der Waals surface area contributed by atoms with Gasteiger partial charge in [0.25, 0.3) is 0 Å². The van der Waals surface area contributed by atoms with E-state index in [9.17, 15) is 0 Å². The van der Waals surface area contributed by atoms with Crippen LogP contribution in [0.1, 0.15) is 5.56 Å². The predicted octanol–water partition coefficient (Wildman–Crippen LogP) is 4.07. The topological polar surface area (TPSA) is 26.2 Å². The van der Waals surface area contributed by atoms with Crippen LogP contribution in [0.5, 0.6) is 5.75 Å². The van der Waals surface area contributed by atoms with E-state index in [1.807, 2.05) is 6.07 Å². The monoisotopic (exact) mass is 280 g/mol. The quantitative estimate of drug-likeness (QED) is 0.762. The smallest absolute Gasteiger partial charge is 0.119 e. The van der Waals surface area contributed by atoms with Crippen LogP contribution < -0.4 is 10.1 Å². The van der Waals surface area contributed by atoms with Gasteiger partial charge in [-0.05, 0) is 48.9 Å². The van der Waals surface area contributed by atoms with Gasteiger partial charge in [0.1, 0.15) is 5.75 Å². The van der Waals surface area contributed by atoms with E-state index in [1.165, 1.54) is 22.2 Å². The number of methoxy groups -OCH3 is 1. The Bertz CT molecular complexity index is 746. The van der Waals surface area contributed by atoms with Gasteiger partial charge in [-0.1, -0.05) is 12.1 Å². The van der Waals surface area contributed by atoms with Crippen LogP contribution in [0, 0.1) is 6.92 Å². The molecule has 0 aliphatic carbocycles. The maximum absolute atomic E-state index is 5.26. The van der Waals surface area contributed by atoms with Crippen molar-refractivity contribution >= 4 is 16.6 Å². The molecule has 0 amide bonds. The van der Waals surface area contributed by atoms with Gasteiger partial charge in [0.2, 0.25) is 0 Å². The van der Waals surface area contributed by atoms with Gasteiger partial charge in [0, 0.05) is 35.9 Å². The van der Waals surface area contributed by atoms with Gasteiger partial charge in [0.05, 0.1) is 7.11 Å². The fraction of sp³-hybridized carbons (Fsp3) is 0.222. The number of ether oxygens (including phenoxy) is 1. The lowest BCUT2D eigenvalue weighted by atomic mass is 10.2. The molecule has 0 saturated carbocycles. The minimum absolute atomic E-state index is 0.901. The normalized spacial score (nSPS) is 10.8. The molecule has 0 bridgehead atoms. The first-order valence-electron chi connectivity index (χ1n) is 7.20. The summed E-state index contributed by atoms with van der Waals surface area (Å²) in [6.07, 6.45) is 2.13. The predicted molar refractivity (Wildman–Crippen MR) is 88.2 cm³/mol. The number of aryl methyl sites for hydroxylation is 1. The minimum Gasteiger partial charge on any atom is -0.497 e. The van der Waals surface area contributed by atoms with Gasteiger partial charge in [-0.3, -0.25) is 0 Å². The van der Waals surface area contributed by atoms with Crippen LogP contribution in [0.3, 0.4) is 0 Å². The van der Waals surface area contributed by atoms with E-state index in [-0.39, 0.29) is 0 Å². The van der Waals surface area contributed by atoms with Crippen LogP contribution in [0.25, 0.3) is 10.9 Å². The highest BCUT2D eigenvalue weighted by Gasteiger charge is 2.02. The summed E-state index contributed by atoms with van der Waals surface area (Å²) in [5.74, 6) is 0.901. The van der Waals surface area contributed by atoms with Crippen molar-refractivity contribution < 1.29 is 4.74 Å². The van der Waals surface area contributed by atoms with E-state index in [2.05, 4.69) is 65.5 Å². The Hall–Kier alpha value is -2.42. The number of fused-ring (bicyclic) bond motifs is 1. The Kier molecular flexibility index (Phi) is 3.82. The Morgan fingerprint density at radius 2 is 2.00 bits per heavy atom. The zero-order valence-corrected chi connectivity index (χ0v) is 12.5. The molecule has 0 atom stereocenters. The molecule has 3 nitrogen and oxygen atoms in total. The Balaban J connectivity index is 1.68. The van der Waals surface area contributed by atoms with Gasteiger partial charge in [-0.2, -0.15) is 0 Å². The largest absolute Gasteiger partial charge is 0.497 e. The summed E-state index contributed by atoms with van der Waals surface area (Å²) in [7, 11) is 1.70. The molecule has 0 unspecified atom stereocenters. The molecule has 0 spiro atoms. The maximum Gasteiger partial charge on any atom is 0.119 e. The SMILES string of the molecule is COc1ccc2c(ccn2CCNc2cccc(C)c2)c1. The van der Waals surface area contributed by atoms with Crippen molar-refractivity contribution in [3.63, 3.8) is 0 Å². The van der Waals surface area contributed by atoms with Gasteiger partial charge >= 0.3 is 0 Å². The maximum atomic E-state index is 5.26. The van der Waals surface area contributed by atoms with Crippen molar-refractivity contribution in [2.45, 2.75) is 13.5 Å². The third kappa shape index (κ3) is 3.02. The molecule has 1 N–H and O–H groups in total. The summed E-state index contributed by atoms with van der Waals surface area (Å²) in [6.45, 7) is 3.95. The van der Waals surface area contributed by atoms with Gasteiger partial charge in [0.15, 0.2) is 0 Å². The van der Waals surface area contributed by atoms with E-state index in [4.69, 9.17) is 4.74 Å². The Morgan fingerprint density at radius 3 is 2.81 bits per heavy atom. The van der Waals surface area contributed by atoms with Crippen LogP contribution >= 0.6 is 0 Å². The number of anilines is 1. The number of hydrogen-bond acceptors (Lipinski definition) is 2. The average molecular weight is 280 g/mol. The van der Waals surface area contributed by atoms with Crippen LogP contribution in [0.15, 0.2) is 54.7 Å². The van der Waals surface area contributed by atoms with E-state index < -0.39 is 0 Å². The summed E-state index contributed by atoms with van der Waals surface area (Å²) in [6, 6.07) is 16.8. The number of benzene rings is 2. The summed E-state index contributed by atoms with van der Waals surface area (Å²) in [4.78, 5) is 0. The van der Waals surface area contributed by atoms with Crippen LogP contribution in [-0.4, -0.2) is 18.2 Å². The summed E-state index contributed by atoms with van der Waals surface area (Å²) >= 11 is 0. The average Bonchev–Trinajstić information content (AvgIpc) is 2.90. The van der Waals surface area contributed by atoms with Crippen molar-refractivity contribution in [2.24, 2.45) is 0 Å². The van der Waals surface area contributed by atoms with Gasteiger partial charge in [-0.25, -0.2) is 0 Å². The molecule has 3 heteroatoms. The van der Waals surface area contributed by atoms with Crippen LogP contribution in [0.2, 0.25) is 0 Å². The van der Waals surface area contributed by atoms with Crippen LogP contribution in [0.4, 0.5) is 5.69 Å². The molecule has 0 aliphatic rings. The van der Waals surface area contributed by atoms with E-state index in [0.717, 1.165) is 18.8 Å². The second-order valence-electron chi connectivity index (χ2n) is 5.23. The van der Waals surface area contributed by atoms with E-state index in [1.54, 1.807) is 7.11 Å². The summed E-state index contributed by atoms with van der Waals surface area (Å²) in [5.41, 5.74) is 3.69. The fourth-order valence-electron chi connectivity index (χ4n) is 2.58. The second kappa shape index (κ2) is 5.92. The van der Waals surface area contributed by atoms with Crippen molar-refractivity contribution in [3.05, 3.63) is 60.3 Å². The van der Waals surface area contributed by atoms with E-state index in [0.29, 0.717) is 0 Å². The fourth-order valence-corrected chi connectivity index (χ4v) is 2.58. The first-order valence-corrected chi connectivity index (χ1v) is 7.20. The second-order valence-corrected chi connectivity index (χ2v) is 5.23. The highest BCUT2D eigenvalue weighted by molar-refractivity contribution is 5.81. The molecule has 3 aromatic rings. The van der Waals surface area contributed by atoms with E-state index >= 15 is 0 Å². The van der Waals surface area contributed by atoms with Gasteiger partial charge < -0.3 is 14.6 Å². The van der Waals surface area contributed by atoms with Crippen LogP contribution in [-0.2, 0) is 6.54 Å². The standard InChI is InChI=1S/C18H20N2O/c1-14-4-3-5-16(12-14)19-9-11-20-10-8-15-13-17(21-2)6-7-18(15)20/h3-8,10,12-13,19H,9,11H2,1-2H3. The molecular formula is C18H20N2O. The van der Waals surface area contributed by atoms with Crippen molar-refractivity contribution in [3.8, 4) is 5.75 Å². The zero-order valence-electron chi connectivity index (χ0n) is 12.5. The highest BCUT2D eigenvalue weighted by Crippen LogP contribution is 2.21. The van der Waals surface area contributed by atoms with Crippen molar-refractivity contribution in [2.75, 3.05) is 19.0 Å². The molecule has 0 radical (unpaired) electrons. The molecule has 2 aromatic carbocycles. The molecule has 0 fully saturated rings. The number of rotatable bonds is 5. The van der Waals surface area contributed by atoms with Crippen molar-refractivity contribution in [1.29, 1.82) is 0 Å². The minimum atomic E-state index is 0.901. The molecule has 1 heterocycles. The molecule has 0 saturated heterocycles. The summed E-state index contributed by atoms with van der Waals surface area (Å²) in [5, 5.41) is 4.68. The Labute approximate surface area is 125 Å². The van der Waals surface area contributed by atoms with Gasteiger partial charge in [-0.15, -0.1) is 0 Å². The first-order chi connectivity index (χ1) is 10.3. The summed E-state index contributed by atoms with van der Waals surface area (Å²) < 4.78 is 7.52. The Morgan fingerprint density at radius 1 is 1.10 bits per heavy atom. The number of aromatic nitrogens is 1. The lowest BCUT2D eigenvalue weighted by molar-refractivity contribution is 0.415. The zero-order chi connectivity index (χ0) is 14.7. The molecule has 108 valence electrons. The third-order valence-corrected chi connectivity index (χ3v) is 3.68. The first kappa shape index (κ1) is 13.6.